The average molecular weight is 910 g/mol. The fraction of sp³-hybridized carbons (Fsp3) is 0.700. The number of halogens is 4. The van der Waals surface area contributed by atoms with Crippen molar-refractivity contribution in [2.45, 2.75) is 111 Å². The number of rotatable bonds is 14. The lowest BCUT2D eigenvalue weighted by Gasteiger charge is -2.15. The lowest BCUT2D eigenvalue weighted by atomic mass is 10.5. The summed E-state index contributed by atoms with van der Waals surface area (Å²) in [7, 11) is -2.81. The van der Waals surface area contributed by atoms with Gasteiger partial charge in [-0.3, -0.25) is 0 Å². The quantitative estimate of drug-likeness (QED) is 0.0984. The third kappa shape index (κ3) is 24.1. The molecule has 0 aromatic carbocycles. The molecule has 3 aromatic rings. The number of alkyl halides is 1. The van der Waals surface area contributed by atoms with Gasteiger partial charge in [-0.2, -0.15) is 0 Å². The van der Waals surface area contributed by atoms with Crippen molar-refractivity contribution < 1.29 is 14.2 Å². The molecule has 0 unspecified atom stereocenters. The molecule has 0 saturated heterocycles. The van der Waals surface area contributed by atoms with Crippen LogP contribution in [0.1, 0.15) is 17.1 Å². The van der Waals surface area contributed by atoms with Gasteiger partial charge >= 0.3 is 0 Å². The fourth-order valence-corrected chi connectivity index (χ4v) is 6.18. The first-order valence-electron chi connectivity index (χ1n) is 15.5. The molecule has 0 saturated carbocycles. The molecule has 16 heteroatoms. The van der Waals surface area contributed by atoms with Crippen LogP contribution in [0.3, 0.4) is 0 Å². The van der Waals surface area contributed by atoms with Gasteiger partial charge in [-0.25, -0.2) is 15.0 Å². The van der Waals surface area contributed by atoms with Crippen LogP contribution in [0.5, 0.6) is 0 Å². The van der Waals surface area contributed by atoms with E-state index in [9.17, 15) is 0 Å². The molecule has 46 heavy (non-hydrogen) atoms. The average Bonchev–Trinajstić information content (AvgIpc) is 3.58. The van der Waals surface area contributed by atoms with E-state index in [1.165, 1.54) is 18.1 Å². The van der Waals surface area contributed by atoms with Gasteiger partial charge in [-0.1, -0.05) is 70.5 Å². The summed E-state index contributed by atoms with van der Waals surface area (Å²) in [4.78, 5) is 15.1. The molecule has 9 nitrogen and oxygen atoms in total. The first-order chi connectivity index (χ1) is 21.2. The van der Waals surface area contributed by atoms with Gasteiger partial charge in [-0.05, 0) is 86.7 Å². The minimum absolute atomic E-state index is 0.338. The van der Waals surface area contributed by atoms with Gasteiger partial charge in [0, 0.05) is 49.7 Å². The molecule has 0 bridgehead atoms. The second-order valence-electron chi connectivity index (χ2n) is 14.5. The normalized spacial score (nSPS) is 11.7. The summed E-state index contributed by atoms with van der Waals surface area (Å²) < 4.78 is 23.0. The van der Waals surface area contributed by atoms with Crippen molar-refractivity contribution in [3.8, 4) is 0 Å². The number of ether oxygens (including phenoxy) is 3. The zero-order chi connectivity index (χ0) is 35.6. The maximum absolute atomic E-state index is 5.63. The molecular weight excluding hydrogens is 852 g/mol. The van der Waals surface area contributed by atoms with E-state index in [1.807, 2.05) is 29.9 Å². The van der Waals surface area contributed by atoms with Gasteiger partial charge in [0.05, 0.1) is 30.4 Å². The van der Waals surface area contributed by atoms with Crippen LogP contribution in [-0.4, -0.2) is 79.2 Å². The summed E-state index contributed by atoms with van der Waals surface area (Å²) in [5.74, 6) is 0. The van der Waals surface area contributed by atoms with E-state index in [4.69, 9.17) is 25.8 Å². The largest absolute Gasteiger partial charge is 0.366 e. The van der Waals surface area contributed by atoms with Gasteiger partial charge < -0.3 is 28.3 Å². The number of aryl methyl sites for hydroxylation is 2. The molecule has 0 aliphatic heterocycles. The van der Waals surface area contributed by atoms with Crippen LogP contribution in [-0.2, 0) is 27.7 Å². The number of hydrogen-bond acceptors (Lipinski definition) is 6. The van der Waals surface area contributed by atoms with Crippen LogP contribution >= 0.6 is 59.4 Å². The van der Waals surface area contributed by atoms with Crippen molar-refractivity contribution >= 4 is 83.6 Å². The molecule has 0 radical (unpaired) electrons. The van der Waals surface area contributed by atoms with E-state index in [1.54, 1.807) is 19.0 Å². The minimum atomic E-state index is -0.965. The molecular formula is C30H58Br3ClN6O3Si3. The molecule has 0 amide bonds. The summed E-state index contributed by atoms with van der Waals surface area (Å²) in [5.41, 5.74) is 3.19. The SMILES string of the molecule is C[Si](C)(C)CCOCCl.Cc1[nH]cnc1Br.Cc1c(Br)ncn1COCC[Si](C)(C)C.Cc1ncn(COCC[Si](C)(C)C)c1Br. The van der Waals surface area contributed by atoms with Crippen molar-refractivity contribution in [2.75, 3.05) is 25.9 Å². The van der Waals surface area contributed by atoms with Crippen molar-refractivity contribution in [1.29, 1.82) is 0 Å². The fourth-order valence-electron chi connectivity index (χ4n) is 2.96. The van der Waals surface area contributed by atoms with Crippen molar-refractivity contribution in [1.82, 2.24) is 29.1 Å². The lowest BCUT2D eigenvalue weighted by Crippen LogP contribution is -2.22. The second-order valence-corrected chi connectivity index (χ2v) is 33.9. The highest BCUT2D eigenvalue weighted by molar-refractivity contribution is 9.11. The van der Waals surface area contributed by atoms with Crippen molar-refractivity contribution in [3.63, 3.8) is 0 Å². The van der Waals surface area contributed by atoms with Crippen LogP contribution in [0.2, 0.25) is 77.1 Å². The molecule has 0 spiro atoms. The standard InChI is InChI=1S/2C10H19BrN2OSi.C6H15ClOSi.C4H5BrN2/c1-9-10(11)12-7-13(9)8-14-5-6-15(2,3)4;1-9-10(11)13(7-12-9)8-14-5-6-15(2,3)4;1-9(2,3)5-4-8-6-7;1-3-4(5)7-2-6-3/h2*7H,5-6,8H2,1-4H3;4-6H2,1-3H3;2H,1H3,(H,6,7). The summed E-state index contributed by atoms with van der Waals surface area (Å²) in [6.07, 6.45) is 5.25. The van der Waals surface area contributed by atoms with Gasteiger partial charge in [0.25, 0.3) is 0 Å². The molecule has 0 atom stereocenters. The van der Waals surface area contributed by atoms with E-state index in [-0.39, 0.29) is 0 Å². The van der Waals surface area contributed by atoms with Crippen molar-refractivity contribution in [3.05, 3.63) is 49.9 Å². The van der Waals surface area contributed by atoms with Crippen LogP contribution in [0, 0.1) is 20.8 Å². The Balaban J connectivity index is 0.000000614. The van der Waals surface area contributed by atoms with E-state index < -0.39 is 24.2 Å². The molecule has 0 aliphatic carbocycles. The highest BCUT2D eigenvalue weighted by atomic mass is 79.9. The Morgan fingerprint density at radius 3 is 1.43 bits per heavy atom. The van der Waals surface area contributed by atoms with Crippen molar-refractivity contribution in [2.24, 2.45) is 0 Å². The van der Waals surface area contributed by atoms with E-state index in [2.05, 4.69) is 127 Å². The highest BCUT2D eigenvalue weighted by Crippen LogP contribution is 2.15. The van der Waals surface area contributed by atoms with E-state index in [0.29, 0.717) is 19.5 Å². The summed E-state index contributed by atoms with van der Waals surface area (Å²) in [6, 6.07) is 3.96. The number of H-pyrrole nitrogens is 1. The number of hydrogen-bond donors (Lipinski definition) is 1. The van der Waals surface area contributed by atoms with Crippen LogP contribution < -0.4 is 0 Å². The zero-order valence-corrected chi connectivity index (χ0v) is 38.6. The predicted molar refractivity (Wildman–Crippen MR) is 213 cm³/mol. The number of aromatic amines is 1. The van der Waals surface area contributed by atoms with Crippen LogP contribution in [0.15, 0.2) is 32.8 Å². The molecule has 3 rings (SSSR count). The molecule has 1 N–H and O–H groups in total. The highest BCUT2D eigenvalue weighted by Gasteiger charge is 2.13. The van der Waals surface area contributed by atoms with Gasteiger partial charge in [0.1, 0.15) is 33.3 Å². The van der Waals surface area contributed by atoms with Crippen LogP contribution in [0.4, 0.5) is 0 Å². The smallest absolute Gasteiger partial charge is 0.127 e. The van der Waals surface area contributed by atoms with E-state index >= 15 is 0 Å². The first-order valence-corrected chi connectivity index (χ1v) is 29.5. The molecule has 0 fully saturated rings. The summed E-state index contributed by atoms with van der Waals surface area (Å²) >= 11 is 15.4. The Bertz CT molecular complexity index is 1140. The number of imidazole rings is 3. The summed E-state index contributed by atoms with van der Waals surface area (Å²) in [6.45, 7) is 30.8. The zero-order valence-electron chi connectivity index (χ0n) is 30.1. The topological polar surface area (TPSA) is 92.0 Å². The third-order valence-electron chi connectivity index (χ3n) is 6.28. The van der Waals surface area contributed by atoms with Gasteiger partial charge in [0.2, 0.25) is 0 Å². The minimum Gasteiger partial charge on any atom is -0.366 e. The van der Waals surface area contributed by atoms with Crippen LogP contribution in [0.25, 0.3) is 0 Å². The Labute approximate surface area is 311 Å². The third-order valence-corrected chi connectivity index (χ3v) is 14.2. The Kier molecular flexibility index (Phi) is 23.3. The molecule has 0 aliphatic rings. The first kappa shape index (κ1) is 45.9. The maximum atomic E-state index is 5.63. The molecule has 3 heterocycles. The Hall–Kier alpha value is -0.109. The Morgan fingerprint density at radius 2 is 1.13 bits per heavy atom. The van der Waals surface area contributed by atoms with Gasteiger partial charge in [0.15, 0.2) is 0 Å². The number of aromatic nitrogens is 6. The lowest BCUT2D eigenvalue weighted by molar-refractivity contribution is 0.0856. The second kappa shape index (κ2) is 23.3. The Morgan fingerprint density at radius 1 is 0.674 bits per heavy atom. The predicted octanol–water partition coefficient (Wildman–Crippen LogP) is 10.6. The maximum Gasteiger partial charge on any atom is 0.127 e. The monoisotopic (exact) mass is 906 g/mol. The number of nitrogens with zero attached hydrogens (tertiary/aromatic N) is 5. The molecule has 266 valence electrons. The number of nitrogens with one attached hydrogen (secondary N) is 1. The van der Waals surface area contributed by atoms with Gasteiger partial charge in [-0.15, -0.1) is 0 Å². The van der Waals surface area contributed by atoms with E-state index in [0.717, 1.165) is 50.7 Å². The summed E-state index contributed by atoms with van der Waals surface area (Å²) in [5, 5.41) is 0. The molecule has 3 aromatic heterocycles.